The number of anilines is 1. The fourth-order valence-electron chi connectivity index (χ4n) is 2.27. The molecule has 0 saturated heterocycles. The lowest BCUT2D eigenvalue weighted by Crippen LogP contribution is -2.18. The number of nitrogens with zero attached hydrogens (tertiary/aromatic N) is 1. The summed E-state index contributed by atoms with van der Waals surface area (Å²) in [6.45, 7) is 0. The van der Waals surface area contributed by atoms with Crippen molar-refractivity contribution >= 4 is 28.6 Å². The van der Waals surface area contributed by atoms with Gasteiger partial charge < -0.3 is 15.5 Å². The van der Waals surface area contributed by atoms with Gasteiger partial charge in [0.2, 0.25) is 0 Å². The van der Waals surface area contributed by atoms with Crippen molar-refractivity contribution in [2.24, 2.45) is 12.8 Å². The second-order valence-corrected chi connectivity index (χ2v) is 4.97. The Bertz CT molecular complexity index is 984. The Balaban J connectivity index is 1.97. The summed E-state index contributed by atoms with van der Waals surface area (Å²) in [6, 6.07) is 11.1. The Morgan fingerprint density at radius 1 is 1.17 bits per heavy atom. The normalized spacial score (nSPS) is 10.7. The highest BCUT2D eigenvalue weighted by atomic mass is 16.4. The lowest BCUT2D eigenvalue weighted by Gasteiger charge is -2.08. The Morgan fingerprint density at radius 2 is 1.91 bits per heavy atom. The SMILES string of the molecule is Cn1c(=O)oc2ccc(C(=O)Nc3ccccc3C(N)=O)cc21. The second-order valence-electron chi connectivity index (χ2n) is 4.97. The van der Waals surface area contributed by atoms with Crippen molar-refractivity contribution in [1.82, 2.24) is 4.57 Å². The minimum atomic E-state index is -0.631. The van der Waals surface area contributed by atoms with Crippen LogP contribution >= 0.6 is 0 Å². The summed E-state index contributed by atoms with van der Waals surface area (Å²) in [4.78, 5) is 35.2. The van der Waals surface area contributed by atoms with Gasteiger partial charge in [0.25, 0.3) is 11.8 Å². The fraction of sp³-hybridized carbons (Fsp3) is 0.0625. The average Bonchev–Trinajstić information content (AvgIpc) is 2.82. The summed E-state index contributed by atoms with van der Waals surface area (Å²) in [7, 11) is 1.55. The molecular formula is C16H13N3O4. The van der Waals surface area contributed by atoms with Gasteiger partial charge in [-0.3, -0.25) is 14.2 Å². The molecule has 3 rings (SSSR count). The number of carbonyl (C=O) groups excluding carboxylic acids is 2. The Hall–Kier alpha value is -3.35. The van der Waals surface area contributed by atoms with Gasteiger partial charge in [0.1, 0.15) is 0 Å². The van der Waals surface area contributed by atoms with E-state index < -0.39 is 17.6 Å². The second kappa shape index (κ2) is 5.45. The number of primary amides is 1. The first kappa shape index (κ1) is 14.6. The number of amides is 2. The van der Waals surface area contributed by atoms with Gasteiger partial charge in [-0.1, -0.05) is 12.1 Å². The van der Waals surface area contributed by atoms with Crippen molar-refractivity contribution in [2.75, 3.05) is 5.32 Å². The first-order valence-corrected chi connectivity index (χ1v) is 6.77. The van der Waals surface area contributed by atoms with Gasteiger partial charge in [0.05, 0.1) is 16.8 Å². The van der Waals surface area contributed by atoms with Crippen LogP contribution in [0.2, 0.25) is 0 Å². The number of benzene rings is 2. The highest BCUT2D eigenvalue weighted by molar-refractivity contribution is 6.09. The minimum absolute atomic E-state index is 0.220. The van der Waals surface area contributed by atoms with E-state index in [9.17, 15) is 14.4 Å². The Labute approximate surface area is 130 Å². The summed E-state index contributed by atoms with van der Waals surface area (Å²) in [5.74, 6) is -1.56. The molecule has 2 aromatic carbocycles. The van der Waals surface area contributed by atoms with Gasteiger partial charge >= 0.3 is 5.76 Å². The van der Waals surface area contributed by atoms with Crippen molar-refractivity contribution in [3.05, 3.63) is 64.1 Å². The lowest BCUT2D eigenvalue weighted by atomic mass is 10.1. The predicted octanol–water partition coefficient (Wildman–Crippen LogP) is 1.48. The van der Waals surface area contributed by atoms with E-state index >= 15 is 0 Å². The van der Waals surface area contributed by atoms with Crippen LogP contribution in [0.25, 0.3) is 11.1 Å². The zero-order chi connectivity index (χ0) is 16.6. The number of rotatable bonds is 3. The van der Waals surface area contributed by atoms with E-state index in [-0.39, 0.29) is 5.56 Å². The van der Waals surface area contributed by atoms with E-state index in [1.807, 2.05) is 0 Å². The number of nitrogens with two attached hydrogens (primary N) is 1. The molecule has 1 heterocycles. The largest absolute Gasteiger partial charge is 0.419 e. The maximum absolute atomic E-state index is 12.4. The molecule has 2 amide bonds. The maximum Gasteiger partial charge on any atom is 0.419 e. The molecule has 116 valence electrons. The molecule has 23 heavy (non-hydrogen) atoms. The third-order valence-corrected chi connectivity index (χ3v) is 3.49. The number of aryl methyl sites for hydroxylation is 1. The molecule has 0 atom stereocenters. The third kappa shape index (κ3) is 2.59. The van der Waals surface area contributed by atoms with Gasteiger partial charge in [-0.25, -0.2) is 4.79 Å². The first-order chi connectivity index (χ1) is 11.0. The van der Waals surface area contributed by atoms with Crippen molar-refractivity contribution in [1.29, 1.82) is 0 Å². The molecule has 3 aromatic rings. The highest BCUT2D eigenvalue weighted by Gasteiger charge is 2.14. The van der Waals surface area contributed by atoms with Crippen LogP contribution in [0, 0.1) is 0 Å². The van der Waals surface area contributed by atoms with Crippen LogP contribution in [0.3, 0.4) is 0 Å². The van der Waals surface area contributed by atoms with Crippen molar-refractivity contribution in [3.8, 4) is 0 Å². The Morgan fingerprint density at radius 3 is 2.65 bits per heavy atom. The van der Waals surface area contributed by atoms with Crippen LogP contribution in [-0.2, 0) is 7.05 Å². The number of hydrogen-bond donors (Lipinski definition) is 2. The van der Waals surface area contributed by atoms with Gasteiger partial charge in [0, 0.05) is 12.6 Å². The molecule has 1 aromatic heterocycles. The quantitative estimate of drug-likeness (QED) is 0.764. The molecular weight excluding hydrogens is 298 g/mol. The average molecular weight is 311 g/mol. The van der Waals surface area contributed by atoms with Gasteiger partial charge in [-0.05, 0) is 30.3 Å². The van der Waals surface area contributed by atoms with Crippen molar-refractivity contribution in [3.63, 3.8) is 0 Å². The fourth-order valence-corrected chi connectivity index (χ4v) is 2.27. The van der Waals surface area contributed by atoms with Crippen LogP contribution < -0.4 is 16.8 Å². The number of hydrogen-bond acceptors (Lipinski definition) is 4. The van der Waals surface area contributed by atoms with E-state index in [1.165, 1.54) is 16.7 Å². The molecule has 3 N–H and O–H groups in total. The molecule has 0 bridgehead atoms. The smallest absolute Gasteiger partial charge is 0.408 e. The van der Waals surface area contributed by atoms with Crippen LogP contribution in [0.4, 0.5) is 5.69 Å². The summed E-state index contributed by atoms with van der Waals surface area (Å²) >= 11 is 0. The van der Waals surface area contributed by atoms with E-state index in [4.69, 9.17) is 10.2 Å². The monoisotopic (exact) mass is 311 g/mol. The zero-order valence-electron chi connectivity index (χ0n) is 12.2. The van der Waals surface area contributed by atoms with Crippen molar-refractivity contribution in [2.45, 2.75) is 0 Å². The van der Waals surface area contributed by atoms with Crippen LogP contribution in [0.1, 0.15) is 20.7 Å². The summed E-state index contributed by atoms with van der Waals surface area (Å²) in [5.41, 5.74) is 7.06. The zero-order valence-corrected chi connectivity index (χ0v) is 12.2. The van der Waals surface area contributed by atoms with E-state index in [0.717, 1.165) is 0 Å². The van der Waals surface area contributed by atoms with Crippen LogP contribution in [0.5, 0.6) is 0 Å². The lowest BCUT2D eigenvalue weighted by molar-refractivity contribution is 0.100. The number of fused-ring (bicyclic) bond motifs is 1. The van der Waals surface area contributed by atoms with Crippen molar-refractivity contribution < 1.29 is 14.0 Å². The van der Waals surface area contributed by atoms with E-state index in [0.29, 0.717) is 22.4 Å². The molecule has 0 radical (unpaired) electrons. The molecule has 0 fully saturated rings. The minimum Gasteiger partial charge on any atom is -0.408 e. The highest BCUT2D eigenvalue weighted by Crippen LogP contribution is 2.18. The summed E-state index contributed by atoms with van der Waals surface area (Å²) in [5, 5.41) is 2.64. The molecule has 0 spiro atoms. The number of carbonyl (C=O) groups is 2. The number of aromatic nitrogens is 1. The molecule has 7 nitrogen and oxygen atoms in total. The standard InChI is InChI=1S/C16H13N3O4/c1-19-12-8-9(6-7-13(12)23-16(19)22)15(21)18-11-5-3-2-4-10(11)14(17)20/h2-8H,1H3,(H2,17,20)(H,18,21). The first-order valence-electron chi connectivity index (χ1n) is 6.77. The number of oxazole rings is 1. The van der Waals surface area contributed by atoms with E-state index in [2.05, 4.69) is 5.32 Å². The molecule has 7 heteroatoms. The molecule has 0 saturated carbocycles. The van der Waals surface area contributed by atoms with Gasteiger partial charge in [-0.15, -0.1) is 0 Å². The summed E-state index contributed by atoms with van der Waals surface area (Å²) in [6.07, 6.45) is 0. The molecule has 0 aliphatic carbocycles. The number of nitrogens with one attached hydrogen (secondary N) is 1. The maximum atomic E-state index is 12.4. The molecule has 0 unspecified atom stereocenters. The Kier molecular flexibility index (Phi) is 3.46. The van der Waals surface area contributed by atoms with Gasteiger partial charge in [0.15, 0.2) is 5.58 Å². The number of para-hydroxylation sites is 1. The summed E-state index contributed by atoms with van der Waals surface area (Å²) < 4.78 is 6.33. The predicted molar refractivity (Wildman–Crippen MR) is 84.4 cm³/mol. The molecule has 0 aliphatic heterocycles. The third-order valence-electron chi connectivity index (χ3n) is 3.49. The molecule has 0 aliphatic rings. The van der Waals surface area contributed by atoms with Gasteiger partial charge in [-0.2, -0.15) is 0 Å². The van der Waals surface area contributed by atoms with Crippen LogP contribution in [0.15, 0.2) is 51.7 Å². The topological polar surface area (TPSA) is 107 Å². The van der Waals surface area contributed by atoms with E-state index in [1.54, 1.807) is 37.4 Å². The van der Waals surface area contributed by atoms with Crippen LogP contribution in [-0.4, -0.2) is 16.4 Å².